The summed E-state index contributed by atoms with van der Waals surface area (Å²) >= 11 is 0. The van der Waals surface area contributed by atoms with Crippen LogP contribution in [0.2, 0.25) is 0 Å². The molecule has 9 heteroatoms. The molecule has 1 heterocycles. The molecule has 1 fully saturated rings. The third kappa shape index (κ3) is 3.56. The highest BCUT2D eigenvalue weighted by molar-refractivity contribution is 5.78. The molecule has 114 valence electrons. The Labute approximate surface area is 121 Å². The minimum Gasteiger partial charge on any atom is -0.378 e. The summed E-state index contributed by atoms with van der Waals surface area (Å²) in [5.41, 5.74) is 10.6. The zero-order valence-corrected chi connectivity index (χ0v) is 11.5. The number of nitro groups is 1. The maximum absolute atomic E-state index is 11.5. The lowest BCUT2D eigenvalue weighted by Crippen LogP contribution is -2.38. The topological polar surface area (TPSA) is 150 Å². The highest BCUT2D eigenvalue weighted by atomic mass is 16.6. The normalized spacial score (nSPS) is 22.3. The lowest BCUT2D eigenvalue weighted by Gasteiger charge is -2.23. The van der Waals surface area contributed by atoms with Crippen LogP contribution >= 0.6 is 0 Å². The van der Waals surface area contributed by atoms with Gasteiger partial charge >= 0.3 is 5.69 Å². The van der Waals surface area contributed by atoms with Crippen LogP contribution in [0.4, 0.5) is 17.5 Å². The highest BCUT2D eigenvalue weighted by Crippen LogP contribution is 2.26. The SMILES string of the molecule is NC(=O)[C@H]1CCCCC[C@H]1Nc1ncc([N+](=O)[O-])c(N)n1. The van der Waals surface area contributed by atoms with Gasteiger partial charge in [-0.1, -0.05) is 19.3 Å². The monoisotopic (exact) mass is 294 g/mol. The Hall–Kier alpha value is -2.45. The van der Waals surface area contributed by atoms with Crippen molar-refractivity contribution in [1.82, 2.24) is 9.97 Å². The van der Waals surface area contributed by atoms with Crippen molar-refractivity contribution in [2.24, 2.45) is 11.7 Å². The lowest BCUT2D eigenvalue weighted by atomic mass is 9.94. The molecule has 1 amide bonds. The highest BCUT2D eigenvalue weighted by Gasteiger charge is 2.29. The zero-order valence-electron chi connectivity index (χ0n) is 11.5. The molecular formula is C12H18N6O3. The number of aromatic nitrogens is 2. The summed E-state index contributed by atoms with van der Waals surface area (Å²) in [4.78, 5) is 29.3. The van der Waals surface area contributed by atoms with Crippen LogP contribution in [-0.4, -0.2) is 26.8 Å². The largest absolute Gasteiger partial charge is 0.378 e. The molecule has 0 aromatic carbocycles. The number of primary amides is 1. The maximum atomic E-state index is 11.5. The van der Waals surface area contributed by atoms with E-state index >= 15 is 0 Å². The second-order valence-corrected chi connectivity index (χ2v) is 5.12. The second-order valence-electron chi connectivity index (χ2n) is 5.12. The van der Waals surface area contributed by atoms with Crippen LogP contribution in [0.25, 0.3) is 0 Å². The van der Waals surface area contributed by atoms with Crippen LogP contribution in [0, 0.1) is 16.0 Å². The quantitative estimate of drug-likeness (QED) is 0.422. The Morgan fingerprint density at radius 1 is 1.38 bits per heavy atom. The van der Waals surface area contributed by atoms with Gasteiger partial charge in [-0.2, -0.15) is 4.98 Å². The first-order valence-electron chi connectivity index (χ1n) is 6.82. The van der Waals surface area contributed by atoms with E-state index in [9.17, 15) is 14.9 Å². The second kappa shape index (κ2) is 6.33. The van der Waals surface area contributed by atoms with E-state index in [1.54, 1.807) is 0 Å². The van der Waals surface area contributed by atoms with E-state index in [1.165, 1.54) is 0 Å². The van der Waals surface area contributed by atoms with E-state index in [1.807, 2.05) is 0 Å². The Morgan fingerprint density at radius 2 is 2.10 bits per heavy atom. The van der Waals surface area contributed by atoms with Crippen LogP contribution in [0.3, 0.4) is 0 Å². The number of carbonyl (C=O) groups excluding carboxylic acids is 1. The predicted molar refractivity (Wildman–Crippen MR) is 76.3 cm³/mol. The summed E-state index contributed by atoms with van der Waals surface area (Å²) in [7, 11) is 0. The van der Waals surface area contributed by atoms with Crippen molar-refractivity contribution in [2.45, 2.75) is 38.1 Å². The number of carbonyl (C=O) groups is 1. The van der Waals surface area contributed by atoms with E-state index in [0.29, 0.717) is 0 Å². The standard InChI is InChI=1S/C12H18N6O3/c13-10-9(18(20)21)6-15-12(17-10)16-8-5-3-1-2-4-7(8)11(14)19/h6-8H,1-5H2,(H2,14,19)(H3,13,15,16,17)/t7-,8+/m0/s1. The molecule has 1 aliphatic rings. The Kier molecular flexibility index (Phi) is 4.51. The van der Waals surface area contributed by atoms with Gasteiger partial charge in [0.05, 0.1) is 10.8 Å². The molecule has 0 spiro atoms. The summed E-state index contributed by atoms with van der Waals surface area (Å²) in [5.74, 6) is -0.685. The van der Waals surface area contributed by atoms with E-state index in [-0.39, 0.29) is 35.3 Å². The van der Waals surface area contributed by atoms with E-state index in [0.717, 1.165) is 38.3 Å². The Bertz CT molecular complexity index is 550. The molecule has 0 radical (unpaired) electrons. The van der Waals surface area contributed by atoms with Crippen molar-refractivity contribution in [1.29, 1.82) is 0 Å². The van der Waals surface area contributed by atoms with E-state index < -0.39 is 4.92 Å². The summed E-state index contributed by atoms with van der Waals surface area (Å²) in [6.07, 6.45) is 5.52. The van der Waals surface area contributed by atoms with Crippen molar-refractivity contribution in [2.75, 3.05) is 11.1 Å². The molecule has 1 aromatic heterocycles. The number of nitrogens with one attached hydrogen (secondary N) is 1. The number of nitrogens with two attached hydrogens (primary N) is 2. The molecule has 1 aliphatic carbocycles. The smallest absolute Gasteiger partial charge is 0.329 e. The molecule has 1 saturated carbocycles. The minimum atomic E-state index is -0.642. The minimum absolute atomic E-state index is 0.175. The molecule has 1 aromatic rings. The van der Waals surface area contributed by atoms with Gasteiger partial charge in [-0.15, -0.1) is 0 Å². The van der Waals surface area contributed by atoms with Gasteiger partial charge in [0.2, 0.25) is 17.7 Å². The van der Waals surface area contributed by atoms with Crippen molar-refractivity contribution in [3.8, 4) is 0 Å². The summed E-state index contributed by atoms with van der Waals surface area (Å²) in [6.45, 7) is 0. The number of hydrogen-bond acceptors (Lipinski definition) is 7. The zero-order chi connectivity index (χ0) is 15.4. The fraction of sp³-hybridized carbons (Fsp3) is 0.583. The third-order valence-corrected chi connectivity index (χ3v) is 3.69. The molecule has 0 bridgehead atoms. The van der Waals surface area contributed by atoms with Crippen LogP contribution in [0.5, 0.6) is 0 Å². The van der Waals surface area contributed by atoms with Crippen molar-refractivity contribution in [3.63, 3.8) is 0 Å². The molecule has 0 unspecified atom stereocenters. The van der Waals surface area contributed by atoms with Crippen LogP contribution < -0.4 is 16.8 Å². The average molecular weight is 294 g/mol. The Balaban J connectivity index is 2.16. The molecule has 5 N–H and O–H groups in total. The van der Waals surface area contributed by atoms with E-state index in [4.69, 9.17) is 11.5 Å². The number of nitrogen functional groups attached to an aromatic ring is 1. The molecule has 21 heavy (non-hydrogen) atoms. The number of nitrogens with zero attached hydrogens (tertiary/aromatic N) is 3. The van der Waals surface area contributed by atoms with Crippen LogP contribution in [0.15, 0.2) is 6.20 Å². The van der Waals surface area contributed by atoms with Crippen LogP contribution in [0.1, 0.15) is 32.1 Å². The fourth-order valence-corrected chi connectivity index (χ4v) is 2.59. The van der Waals surface area contributed by atoms with Gasteiger partial charge in [0.25, 0.3) is 0 Å². The van der Waals surface area contributed by atoms with Gasteiger partial charge in [-0.05, 0) is 12.8 Å². The molecule has 2 atom stereocenters. The van der Waals surface area contributed by atoms with Gasteiger partial charge in [0.1, 0.15) is 6.20 Å². The van der Waals surface area contributed by atoms with Crippen LogP contribution in [-0.2, 0) is 4.79 Å². The van der Waals surface area contributed by atoms with Gasteiger partial charge in [-0.3, -0.25) is 14.9 Å². The number of anilines is 2. The molecular weight excluding hydrogens is 276 g/mol. The Morgan fingerprint density at radius 3 is 2.71 bits per heavy atom. The lowest BCUT2D eigenvalue weighted by molar-refractivity contribution is -0.384. The van der Waals surface area contributed by atoms with Gasteiger partial charge in [0.15, 0.2) is 0 Å². The molecule has 9 nitrogen and oxygen atoms in total. The van der Waals surface area contributed by atoms with E-state index in [2.05, 4.69) is 15.3 Å². The van der Waals surface area contributed by atoms with Gasteiger partial charge in [0, 0.05) is 6.04 Å². The predicted octanol–water partition coefficient (Wildman–Crippen LogP) is 0.813. The first kappa shape index (κ1) is 14.9. The molecule has 0 saturated heterocycles. The average Bonchev–Trinajstić information content (AvgIpc) is 2.63. The summed E-state index contributed by atoms with van der Waals surface area (Å²) in [6, 6.07) is -0.175. The first-order chi connectivity index (χ1) is 9.99. The molecule has 2 rings (SSSR count). The van der Waals surface area contributed by atoms with Crippen molar-refractivity contribution in [3.05, 3.63) is 16.3 Å². The molecule has 0 aliphatic heterocycles. The first-order valence-corrected chi connectivity index (χ1v) is 6.82. The van der Waals surface area contributed by atoms with Crippen molar-refractivity contribution >= 4 is 23.4 Å². The maximum Gasteiger partial charge on any atom is 0.329 e. The van der Waals surface area contributed by atoms with Gasteiger partial charge in [-0.25, -0.2) is 4.98 Å². The van der Waals surface area contributed by atoms with Gasteiger partial charge < -0.3 is 16.8 Å². The fourth-order valence-electron chi connectivity index (χ4n) is 2.59. The summed E-state index contributed by atoms with van der Waals surface area (Å²) in [5, 5.41) is 13.7. The number of amides is 1. The van der Waals surface area contributed by atoms with Crippen molar-refractivity contribution < 1.29 is 9.72 Å². The summed E-state index contributed by atoms with van der Waals surface area (Å²) < 4.78 is 0. The number of rotatable bonds is 4. The number of hydrogen-bond donors (Lipinski definition) is 3. The third-order valence-electron chi connectivity index (χ3n) is 3.69.